The molecule has 0 radical (unpaired) electrons. The number of ketones is 2. The molecule has 3 N–H and O–H groups in total. The third-order valence-corrected chi connectivity index (χ3v) is 6.92. The fourth-order valence-electron chi connectivity index (χ4n) is 4.04. The van der Waals surface area contributed by atoms with E-state index >= 15 is 0 Å². The van der Waals surface area contributed by atoms with Crippen LogP contribution in [0.25, 0.3) is 0 Å². The highest BCUT2D eigenvalue weighted by Crippen LogP contribution is 2.38. The van der Waals surface area contributed by atoms with Gasteiger partial charge in [-0.3, -0.25) is 19.1 Å². The van der Waals surface area contributed by atoms with Crippen molar-refractivity contribution >= 4 is 46.2 Å². The highest BCUT2D eigenvalue weighted by molar-refractivity contribution is 14.1. The van der Waals surface area contributed by atoms with E-state index in [-0.39, 0.29) is 40.7 Å². The highest BCUT2D eigenvalue weighted by Gasteiger charge is 2.53. The van der Waals surface area contributed by atoms with E-state index in [9.17, 15) is 33.9 Å². The smallest absolute Gasteiger partial charge is 0.407 e. The number of nitrogens with zero attached hydrogens (tertiary/aromatic N) is 1. The minimum absolute atomic E-state index is 0.107. The fourth-order valence-corrected chi connectivity index (χ4v) is 4.48. The molecule has 2 aromatic rings. The van der Waals surface area contributed by atoms with E-state index in [1.54, 1.807) is 55.5 Å². The number of aromatic nitrogens is 2. The molecule has 3 rings (SSSR count). The SMILES string of the molecule is CC(=O)CCC(=O)[C@]1(O)C[C@H](n2cc(I)c(=O)[nH]c2=O)O[C@@H]1COC(=O)c1ccc(CNC(=O)OC(C)(C)C)cc1. The number of alkyl carbamates (subject to hydrolysis) is 1. The summed E-state index contributed by atoms with van der Waals surface area (Å²) >= 11 is 1.73. The van der Waals surface area contributed by atoms with E-state index in [2.05, 4.69) is 10.3 Å². The van der Waals surface area contributed by atoms with E-state index in [0.29, 0.717) is 5.56 Å². The molecule has 0 bridgehead atoms. The maximum absolute atomic E-state index is 13.0. The normalized spacial score (nSPS) is 20.3. The van der Waals surface area contributed by atoms with Crippen molar-refractivity contribution in [2.24, 2.45) is 0 Å². The number of nitrogens with one attached hydrogen (secondary N) is 2. The first kappa shape index (κ1) is 32.1. The molecule has 3 atom stereocenters. The first-order valence-corrected chi connectivity index (χ1v) is 13.8. The lowest BCUT2D eigenvalue weighted by atomic mass is 9.87. The van der Waals surface area contributed by atoms with Gasteiger partial charge in [-0.05, 0) is 68.0 Å². The molecular formula is C27H32IN3O10. The van der Waals surface area contributed by atoms with E-state index in [0.717, 1.165) is 4.57 Å². The maximum atomic E-state index is 13.0. The zero-order chi connectivity index (χ0) is 30.5. The summed E-state index contributed by atoms with van der Waals surface area (Å²) < 4.78 is 17.6. The summed E-state index contributed by atoms with van der Waals surface area (Å²) in [5, 5.41) is 14.0. The number of aliphatic hydroxyl groups is 1. The number of hydrogen-bond acceptors (Lipinski definition) is 10. The highest BCUT2D eigenvalue weighted by atomic mass is 127. The van der Waals surface area contributed by atoms with Crippen molar-refractivity contribution in [2.45, 2.75) is 77.0 Å². The molecule has 13 nitrogen and oxygen atoms in total. The summed E-state index contributed by atoms with van der Waals surface area (Å²) in [7, 11) is 0. The molecule has 41 heavy (non-hydrogen) atoms. The van der Waals surface area contributed by atoms with Crippen LogP contribution in [0.2, 0.25) is 0 Å². The molecule has 1 aliphatic rings. The third kappa shape index (κ3) is 8.56. The molecule has 0 saturated carbocycles. The number of rotatable bonds is 10. The number of hydrogen-bond donors (Lipinski definition) is 3. The molecule has 1 aromatic heterocycles. The predicted molar refractivity (Wildman–Crippen MR) is 152 cm³/mol. The number of esters is 1. The Morgan fingerprint density at radius 3 is 2.44 bits per heavy atom. The zero-order valence-electron chi connectivity index (χ0n) is 23.0. The lowest BCUT2D eigenvalue weighted by Gasteiger charge is -2.26. The number of H-pyrrole nitrogens is 1. The second kappa shape index (κ2) is 13.1. The second-order valence-corrected chi connectivity index (χ2v) is 11.8. The number of amides is 1. The van der Waals surface area contributed by atoms with Crippen molar-refractivity contribution in [3.8, 4) is 0 Å². The van der Waals surface area contributed by atoms with Crippen LogP contribution in [0.5, 0.6) is 0 Å². The van der Waals surface area contributed by atoms with Gasteiger partial charge in [0.2, 0.25) is 0 Å². The van der Waals surface area contributed by atoms with Gasteiger partial charge in [0, 0.05) is 32.0 Å². The van der Waals surface area contributed by atoms with Crippen molar-refractivity contribution in [3.05, 3.63) is 66.0 Å². The van der Waals surface area contributed by atoms with Crippen LogP contribution in [0.15, 0.2) is 40.1 Å². The number of carbonyl (C=O) groups is 4. The van der Waals surface area contributed by atoms with Gasteiger partial charge in [-0.25, -0.2) is 14.4 Å². The van der Waals surface area contributed by atoms with E-state index in [1.165, 1.54) is 25.3 Å². The summed E-state index contributed by atoms with van der Waals surface area (Å²) in [6.45, 7) is 6.19. The van der Waals surface area contributed by atoms with Gasteiger partial charge in [0.1, 0.15) is 30.3 Å². The Labute approximate surface area is 248 Å². The van der Waals surface area contributed by atoms with Crippen molar-refractivity contribution in [1.29, 1.82) is 0 Å². The minimum Gasteiger partial charge on any atom is -0.459 e. The molecule has 0 unspecified atom stereocenters. The average molecular weight is 685 g/mol. The molecule has 2 heterocycles. The molecule has 1 aromatic carbocycles. The van der Waals surface area contributed by atoms with Crippen LogP contribution < -0.4 is 16.6 Å². The van der Waals surface area contributed by atoms with Crippen molar-refractivity contribution in [2.75, 3.05) is 6.61 Å². The Balaban J connectivity index is 1.70. The number of Topliss-reactive ketones (excluding diaryl/α,β-unsaturated/α-hetero) is 2. The zero-order valence-corrected chi connectivity index (χ0v) is 25.2. The van der Waals surface area contributed by atoms with Crippen molar-refractivity contribution in [3.63, 3.8) is 0 Å². The average Bonchev–Trinajstić information content (AvgIpc) is 3.23. The molecule has 222 valence electrons. The number of carbonyl (C=O) groups excluding carboxylic acids is 4. The summed E-state index contributed by atoms with van der Waals surface area (Å²) in [5.74, 6) is -1.72. The Morgan fingerprint density at radius 2 is 1.83 bits per heavy atom. The summed E-state index contributed by atoms with van der Waals surface area (Å²) in [4.78, 5) is 75.3. The summed E-state index contributed by atoms with van der Waals surface area (Å²) in [6, 6.07) is 6.20. The molecule has 0 spiro atoms. The monoisotopic (exact) mass is 685 g/mol. The van der Waals surface area contributed by atoms with Crippen LogP contribution in [0, 0.1) is 3.57 Å². The third-order valence-electron chi connectivity index (χ3n) is 6.15. The van der Waals surface area contributed by atoms with Gasteiger partial charge in [0.15, 0.2) is 11.4 Å². The van der Waals surface area contributed by atoms with Crippen LogP contribution in [-0.4, -0.2) is 62.2 Å². The lowest BCUT2D eigenvalue weighted by molar-refractivity contribution is -0.147. The Kier molecular flexibility index (Phi) is 10.3. The van der Waals surface area contributed by atoms with E-state index in [1.807, 2.05) is 0 Å². The first-order chi connectivity index (χ1) is 19.1. The summed E-state index contributed by atoms with van der Waals surface area (Å²) in [6.07, 6.45) is -2.61. The second-order valence-electron chi connectivity index (χ2n) is 10.6. The first-order valence-electron chi connectivity index (χ1n) is 12.7. The molecular weight excluding hydrogens is 653 g/mol. The van der Waals surface area contributed by atoms with Gasteiger partial charge in [-0.1, -0.05) is 12.1 Å². The topological polar surface area (TPSA) is 183 Å². The Bertz CT molecular complexity index is 1430. The van der Waals surface area contributed by atoms with Gasteiger partial charge in [-0.2, -0.15) is 0 Å². The van der Waals surface area contributed by atoms with Crippen molar-refractivity contribution in [1.82, 2.24) is 14.9 Å². The van der Waals surface area contributed by atoms with Crippen LogP contribution in [0.3, 0.4) is 0 Å². The minimum atomic E-state index is -2.17. The predicted octanol–water partition coefficient (Wildman–Crippen LogP) is 1.98. The van der Waals surface area contributed by atoms with Crippen molar-refractivity contribution < 1.29 is 38.5 Å². The molecule has 1 fully saturated rings. The number of halogens is 1. The van der Waals surface area contributed by atoms with Gasteiger partial charge < -0.3 is 29.4 Å². The molecule has 0 aliphatic carbocycles. The Morgan fingerprint density at radius 1 is 1.17 bits per heavy atom. The lowest BCUT2D eigenvalue weighted by Crippen LogP contribution is -2.48. The van der Waals surface area contributed by atoms with Gasteiger partial charge in [-0.15, -0.1) is 0 Å². The van der Waals surface area contributed by atoms with E-state index in [4.69, 9.17) is 14.2 Å². The van der Waals surface area contributed by atoms with Gasteiger partial charge in [0.05, 0.1) is 9.13 Å². The molecule has 14 heteroatoms. The van der Waals surface area contributed by atoms with E-state index < -0.39 is 59.2 Å². The molecule has 1 saturated heterocycles. The van der Waals surface area contributed by atoms with Crippen LogP contribution >= 0.6 is 22.6 Å². The van der Waals surface area contributed by atoms with Crippen LogP contribution in [0.1, 0.15) is 69.1 Å². The van der Waals surface area contributed by atoms with Crippen LogP contribution in [0.4, 0.5) is 4.79 Å². The number of ether oxygens (including phenoxy) is 3. The fraction of sp³-hybridized carbons (Fsp3) is 0.481. The number of benzene rings is 1. The molecule has 1 aliphatic heterocycles. The van der Waals surface area contributed by atoms with Crippen LogP contribution in [-0.2, 0) is 30.3 Å². The summed E-state index contributed by atoms with van der Waals surface area (Å²) in [5.41, 5.74) is -3.36. The quantitative estimate of drug-likeness (QED) is 0.247. The molecule has 1 amide bonds. The van der Waals surface area contributed by atoms with Gasteiger partial charge >= 0.3 is 17.8 Å². The maximum Gasteiger partial charge on any atom is 0.407 e. The van der Waals surface area contributed by atoms with Gasteiger partial charge in [0.25, 0.3) is 5.56 Å². The largest absolute Gasteiger partial charge is 0.459 e. The number of aromatic amines is 1. The Hall–Kier alpha value is -3.37. The standard InChI is InChI=1S/C27H32IN3O10/c1-15(32)5-10-19(33)27(38)11-21(31-13-18(28)22(34)30-24(31)36)40-20(27)14-39-23(35)17-8-6-16(7-9-17)12-29-25(37)41-26(2,3)4/h6-9,13,20-21,38H,5,10-12,14H2,1-4H3,(H,29,37)(H,30,34,36)/t20-,21-,27-/m1/s1.